The molecule has 2 aliphatic rings. The quantitative estimate of drug-likeness (QED) is 0.829. The average Bonchev–Trinajstić information content (AvgIpc) is 2.48. The molecule has 2 rings (SSSR count). The van der Waals surface area contributed by atoms with Gasteiger partial charge in [-0.25, -0.2) is 0 Å². The number of aliphatic hydroxyl groups is 1. The van der Waals surface area contributed by atoms with Crippen LogP contribution in [0.15, 0.2) is 0 Å². The highest BCUT2D eigenvalue weighted by Gasteiger charge is 2.44. The lowest BCUT2D eigenvalue weighted by Crippen LogP contribution is -2.51. The Morgan fingerprint density at radius 2 is 1.68 bits per heavy atom. The van der Waals surface area contributed by atoms with Crippen LogP contribution in [0.2, 0.25) is 0 Å². The summed E-state index contributed by atoms with van der Waals surface area (Å²) in [5.74, 6) is 2.16. The van der Waals surface area contributed by atoms with Crippen molar-refractivity contribution in [1.82, 2.24) is 0 Å². The van der Waals surface area contributed by atoms with Crippen molar-refractivity contribution in [2.24, 2.45) is 17.8 Å². The second-order valence-corrected chi connectivity index (χ2v) is 7.09. The first-order valence-electron chi connectivity index (χ1n) is 8.34. The summed E-state index contributed by atoms with van der Waals surface area (Å²) in [4.78, 5) is 0. The van der Waals surface area contributed by atoms with Crippen LogP contribution in [0, 0.1) is 17.8 Å². The molecule has 112 valence electrons. The summed E-state index contributed by atoms with van der Waals surface area (Å²) in [6.45, 7) is 4.61. The van der Waals surface area contributed by atoms with Crippen LogP contribution in [0.1, 0.15) is 71.6 Å². The third kappa shape index (κ3) is 3.33. The zero-order valence-corrected chi connectivity index (χ0v) is 13.0. The average molecular weight is 268 g/mol. The second kappa shape index (κ2) is 6.58. The molecule has 0 saturated heterocycles. The molecule has 0 aromatic carbocycles. The molecule has 0 radical (unpaired) electrons. The van der Waals surface area contributed by atoms with E-state index in [1.165, 1.54) is 44.9 Å². The van der Waals surface area contributed by atoms with E-state index in [4.69, 9.17) is 4.74 Å². The summed E-state index contributed by atoms with van der Waals surface area (Å²) in [5.41, 5.74) is -0.240. The van der Waals surface area contributed by atoms with Crippen LogP contribution in [0.4, 0.5) is 0 Å². The fraction of sp³-hybridized carbons (Fsp3) is 1.00. The highest BCUT2D eigenvalue weighted by Crippen LogP contribution is 2.43. The summed E-state index contributed by atoms with van der Waals surface area (Å²) in [7, 11) is 1.80. The van der Waals surface area contributed by atoms with Crippen molar-refractivity contribution < 1.29 is 9.84 Å². The molecule has 2 heteroatoms. The molecule has 0 amide bonds. The minimum atomic E-state index is -0.247. The van der Waals surface area contributed by atoms with Crippen molar-refractivity contribution in [3.63, 3.8) is 0 Å². The van der Waals surface area contributed by atoms with Crippen molar-refractivity contribution in [3.05, 3.63) is 0 Å². The van der Waals surface area contributed by atoms with E-state index in [1.807, 2.05) is 0 Å². The summed E-state index contributed by atoms with van der Waals surface area (Å²) < 4.78 is 5.85. The van der Waals surface area contributed by atoms with Crippen LogP contribution in [0.3, 0.4) is 0 Å². The second-order valence-electron chi connectivity index (χ2n) is 7.09. The molecular formula is C17H32O2. The number of hydrogen-bond acceptors (Lipinski definition) is 2. The van der Waals surface area contributed by atoms with E-state index in [9.17, 15) is 5.11 Å². The first-order valence-corrected chi connectivity index (χ1v) is 8.34. The van der Waals surface area contributed by atoms with Gasteiger partial charge in [-0.05, 0) is 56.3 Å². The normalized spacial score (nSPS) is 42.0. The van der Waals surface area contributed by atoms with Gasteiger partial charge in [-0.2, -0.15) is 0 Å². The van der Waals surface area contributed by atoms with Crippen LogP contribution in [0.5, 0.6) is 0 Å². The Hall–Kier alpha value is -0.0800. The molecule has 1 atom stereocenters. The Bertz CT molecular complexity index is 260. The molecule has 1 unspecified atom stereocenters. The third-order valence-electron chi connectivity index (χ3n) is 5.98. The zero-order chi connectivity index (χ0) is 13.9. The molecule has 0 heterocycles. The van der Waals surface area contributed by atoms with E-state index in [0.717, 1.165) is 24.7 Å². The topological polar surface area (TPSA) is 29.5 Å². The summed E-state index contributed by atoms with van der Waals surface area (Å²) >= 11 is 0. The molecule has 19 heavy (non-hydrogen) atoms. The fourth-order valence-corrected chi connectivity index (χ4v) is 4.21. The van der Waals surface area contributed by atoms with Gasteiger partial charge in [0, 0.05) is 7.11 Å². The van der Waals surface area contributed by atoms with E-state index in [1.54, 1.807) is 7.11 Å². The van der Waals surface area contributed by atoms with Crippen LogP contribution in [-0.2, 0) is 4.74 Å². The van der Waals surface area contributed by atoms with Crippen LogP contribution in [0.25, 0.3) is 0 Å². The van der Waals surface area contributed by atoms with Gasteiger partial charge in [0.1, 0.15) is 0 Å². The molecule has 2 fully saturated rings. The van der Waals surface area contributed by atoms with Gasteiger partial charge >= 0.3 is 0 Å². The van der Waals surface area contributed by atoms with Gasteiger partial charge in [-0.15, -0.1) is 0 Å². The molecule has 2 nitrogen and oxygen atoms in total. The van der Waals surface area contributed by atoms with Crippen molar-refractivity contribution in [2.45, 2.75) is 83.3 Å². The molecular weight excluding hydrogens is 236 g/mol. The number of ether oxygens (including phenoxy) is 1. The number of aliphatic hydroxyl groups excluding tert-OH is 1. The molecule has 2 aliphatic carbocycles. The van der Waals surface area contributed by atoms with Crippen LogP contribution >= 0.6 is 0 Å². The largest absolute Gasteiger partial charge is 0.390 e. The van der Waals surface area contributed by atoms with Crippen molar-refractivity contribution >= 4 is 0 Å². The molecule has 0 aliphatic heterocycles. The minimum Gasteiger partial charge on any atom is -0.390 e. The SMILES string of the molecule is CCC1CCC(C(O)C2(OC)CCC(C)CC2)CC1. The molecule has 0 aromatic rings. The van der Waals surface area contributed by atoms with E-state index in [2.05, 4.69) is 13.8 Å². The van der Waals surface area contributed by atoms with Gasteiger partial charge in [0.15, 0.2) is 0 Å². The lowest BCUT2D eigenvalue weighted by Gasteiger charge is -2.46. The summed E-state index contributed by atoms with van der Waals surface area (Å²) in [6.07, 6.45) is 10.5. The summed E-state index contributed by atoms with van der Waals surface area (Å²) in [6, 6.07) is 0. The third-order valence-corrected chi connectivity index (χ3v) is 5.98. The van der Waals surface area contributed by atoms with Crippen molar-refractivity contribution in [3.8, 4) is 0 Å². The lowest BCUT2D eigenvalue weighted by atomic mass is 9.69. The first-order chi connectivity index (χ1) is 9.11. The lowest BCUT2D eigenvalue weighted by molar-refractivity contribution is -0.151. The highest BCUT2D eigenvalue weighted by atomic mass is 16.5. The van der Waals surface area contributed by atoms with Crippen molar-refractivity contribution in [1.29, 1.82) is 0 Å². The zero-order valence-electron chi connectivity index (χ0n) is 13.0. The molecule has 0 bridgehead atoms. The van der Waals surface area contributed by atoms with Crippen molar-refractivity contribution in [2.75, 3.05) is 7.11 Å². The maximum atomic E-state index is 10.9. The van der Waals surface area contributed by atoms with Gasteiger partial charge in [0.25, 0.3) is 0 Å². The van der Waals surface area contributed by atoms with Gasteiger partial charge in [0.05, 0.1) is 11.7 Å². The Morgan fingerprint density at radius 1 is 1.11 bits per heavy atom. The van der Waals surface area contributed by atoms with E-state index in [0.29, 0.717) is 5.92 Å². The van der Waals surface area contributed by atoms with Crippen LogP contribution in [-0.4, -0.2) is 23.9 Å². The Kier molecular flexibility index (Phi) is 5.30. The maximum absolute atomic E-state index is 10.9. The Balaban J connectivity index is 1.95. The molecule has 1 N–H and O–H groups in total. The smallest absolute Gasteiger partial charge is 0.0939 e. The maximum Gasteiger partial charge on any atom is 0.0939 e. The van der Waals surface area contributed by atoms with E-state index < -0.39 is 0 Å². The van der Waals surface area contributed by atoms with Gasteiger partial charge in [-0.3, -0.25) is 0 Å². The highest BCUT2D eigenvalue weighted by molar-refractivity contribution is 4.96. The number of methoxy groups -OCH3 is 1. The number of rotatable bonds is 4. The molecule has 0 spiro atoms. The van der Waals surface area contributed by atoms with Crippen LogP contribution < -0.4 is 0 Å². The minimum absolute atomic E-state index is 0.240. The molecule has 2 saturated carbocycles. The van der Waals surface area contributed by atoms with Gasteiger partial charge in [-0.1, -0.05) is 33.1 Å². The fourth-order valence-electron chi connectivity index (χ4n) is 4.21. The van der Waals surface area contributed by atoms with E-state index >= 15 is 0 Å². The first kappa shape index (κ1) is 15.3. The monoisotopic (exact) mass is 268 g/mol. The number of hydrogen-bond donors (Lipinski definition) is 1. The standard InChI is InChI=1S/C17H32O2/c1-4-14-5-7-15(8-6-14)16(18)17(19-3)11-9-13(2)10-12-17/h13-16,18H,4-12H2,1-3H3. The van der Waals surface area contributed by atoms with Gasteiger partial charge < -0.3 is 9.84 Å². The predicted molar refractivity (Wildman–Crippen MR) is 79.1 cm³/mol. The predicted octanol–water partition coefficient (Wildman–Crippen LogP) is 4.16. The molecule has 0 aromatic heterocycles. The van der Waals surface area contributed by atoms with E-state index in [-0.39, 0.29) is 11.7 Å². The summed E-state index contributed by atoms with van der Waals surface area (Å²) in [5, 5.41) is 10.9. The van der Waals surface area contributed by atoms with Gasteiger partial charge in [0.2, 0.25) is 0 Å². The Labute approximate surface area is 118 Å². The Morgan fingerprint density at radius 3 is 2.16 bits per heavy atom.